The summed E-state index contributed by atoms with van der Waals surface area (Å²) < 4.78 is 5.69. The van der Waals surface area contributed by atoms with Gasteiger partial charge < -0.3 is 4.74 Å². The maximum Gasteiger partial charge on any atom is 0.235 e. The highest BCUT2D eigenvalue weighted by atomic mass is 16.5. The third kappa shape index (κ3) is 2.33. The van der Waals surface area contributed by atoms with Crippen LogP contribution >= 0.6 is 0 Å². The van der Waals surface area contributed by atoms with Gasteiger partial charge in [-0.15, -0.1) is 0 Å². The van der Waals surface area contributed by atoms with E-state index in [0.717, 1.165) is 24.1 Å². The van der Waals surface area contributed by atoms with Gasteiger partial charge in [0.25, 0.3) is 0 Å². The van der Waals surface area contributed by atoms with E-state index in [1.165, 1.54) is 32.1 Å². The molecule has 0 amide bonds. The lowest BCUT2D eigenvalue weighted by Crippen LogP contribution is -2.22. The number of pyridine rings is 1. The van der Waals surface area contributed by atoms with Crippen molar-refractivity contribution in [2.24, 2.45) is 10.9 Å². The minimum absolute atomic E-state index is 0.368. The molecule has 2 aliphatic rings. The zero-order valence-corrected chi connectivity index (χ0v) is 10.0. The summed E-state index contributed by atoms with van der Waals surface area (Å²) in [6.45, 7) is 0.747. The molecule has 1 unspecified atom stereocenters. The molecule has 0 spiro atoms. The maximum atomic E-state index is 5.69. The Kier molecular flexibility index (Phi) is 3.08. The second-order valence-corrected chi connectivity index (χ2v) is 4.93. The quantitative estimate of drug-likeness (QED) is 0.783. The van der Waals surface area contributed by atoms with Crippen LogP contribution < -0.4 is 0 Å². The van der Waals surface area contributed by atoms with Crippen molar-refractivity contribution in [1.82, 2.24) is 4.98 Å². The molecule has 2 heterocycles. The maximum absolute atomic E-state index is 5.69. The zero-order valence-electron chi connectivity index (χ0n) is 10.0. The molecular formula is C14H18N2O. The molecule has 3 nitrogen and oxygen atoms in total. The van der Waals surface area contributed by atoms with E-state index < -0.39 is 0 Å². The lowest BCUT2D eigenvalue weighted by molar-refractivity contribution is 0.240. The first kappa shape index (κ1) is 10.8. The fraction of sp³-hybridized carbons (Fsp3) is 0.571. The Balaban J connectivity index is 1.72. The summed E-state index contributed by atoms with van der Waals surface area (Å²) in [5.41, 5.74) is 0.866. The van der Waals surface area contributed by atoms with E-state index in [4.69, 9.17) is 9.73 Å². The van der Waals surface area contributed by atoms with E-state index in [-0.39, 0.29) is 0 Å². The lowest BCUT2D eigenvalue weighted by Gasteiger charge is -2.24. The van der Waals surface area contributed by atoms with Crippen molar-refractivity contribution in [2.75, 3.05) is 6.61 Å². The minimum atomic E-state index is 0.368. The molecule has 17 heavy (non-hydrogen) atoms. The Morgan fingerprint density at radius 2 is 2.00 bits per heavy atom. The number of ether oxygens (including phenoxy) is 1. The van der Waals surface area contributed by atoms with Crippen LogP contribution in [-0.2, 0) is 4.74 Å². The second-order valence-electron chi connectivity index (χ2n) is 4.93. The van der Waals surface area contributed by atoms with Crippen molar-refractivity contribution in [3.05, 3.63) is 30.1 Å². The molecule has 0 aromatic carbocycles. The summed E-state index contributed by atoms with van der Waals surface area (Å²) in [5, 5.41) is 0. The molecule has 1 atom stereocenters. The van der Waals surface area contributed by atoms with Crippen molar-refractivity contribution in [2.45, 2.75) is 38.1 Å². The predicted octanol–water partition coefficient (Wildman–Crippen LogP) is 2.81. The van der Waals surface area contributed by atoms with Gasteiger partial charge in [-0.1, -0.05) is 25.3 Å². The molecule has 1 aliphatic heterocycles. The minimum Gasteiger partial charge on any atom is -0.474 e. The first-order valence-electron chi connectivity index (χ1n) is 6.55. The van der Waals surface area contributed by atoms with Crippen LogP contribution in [0.5, 0.6) is 0 Å². The average molecular weight is 230 g/mol. The Bertz CT molecular complexity index is 396. The van der Waals surface area contributed by atoms with E-state index in [9.17, 15) is 0 Å². The van der Waals surface area contributed by atoms with Crippen LogP contribution in [0.1, 0.15) is 37.8 Å². The fourth-order valence-corrected chi connectivity index (χ4v) is 2.78. The van der Waals surface area contributed by atoms with Crippen molar-refractivity contribution in [1.29, 1.82) is 0 Å². The van der Waals surface area contributed by atoms with E-state index in [0.29, 0.717) is 6.04 Å². The van der Waals surface area contributed by atoms with E-state index in [2.05, 4.69) is 4.98 Å². The van der Waals surface area contributed by atoms with Crippen LogP contribution in [0.3, 0.4) is 0 Å². The normalized spacial score (nSPS) is 25.4. The first-order chi connectivity index (χ1) is 8.43. The van der Waals surface area contributed by atoms with Gasteiger partial charge in [-0.05, 0) is 30.9 Å². The molecule has 0 N–H and O–H groups in total. The number of aromatic nitrogens is 1. The number of nitrogens with zero attached hydrogens (tertiary/aromatic N) is 2. The summed E-state index contributed by atoms with van der Waals surface area (Å²) >= 11 is 0. The smallest absolute Gasteiger partial charge is 0.235 e. The second kappa shape index (κ2) is 4.86. The zero-order chi connectivity index (χ0) is 11.5. The van der Waals surface area contributed by atoms with Crippen molar-refractivity contribution >= 4 is 5.90 Å². The molecule has 1 fully saturated rings. The molecule has 1 aliphatic carbocycles. The summed E-state index contributed by atoms with van der Waals surface area (Å²) in [5.74, 6) is 1.46. The van der Waals surface area contributed by atoms with Crippen LogP contribution in [0.2, 0.25) is 0 Å². The van der Waals surface area contributed by atoms with Crippen LogP contribution in [-0.4, -0.2) is 23.5 Å². The standard InChI is InChI=1S/C14H18N2O/c1-2-6-11(7-3-1)13-10-17-14(16-13)12-8-4-5-9-15-12/h4-5,8-9,11,13H,1-3,6-7,10H2. The SMILES string of the molecule is c1ccc(C2=NC(C3CCCCC3)CO2)nc1. The van der Waals surface area contributed by atoms with E-state index >= 15 is 0 Å². The molecule has 1 aromatic rings. The average Bonchev–Trinajstić information content (AvgIpc) is 2.90. The summed E-state index contributed by atoms with van der Waals surface area (Å²) in [6, 6.07) is 6.22. The highest BCUT2D eigenvalue weighted by Gasteiger charge is 2.29. The van der Waals surface area contributed by atoms with Gasteiger partial charge in [-0.3, -0.25) is 4.98 Å². The Labute approximate surface area is 102 Å². The highest BCUT2D eigenvalue weighted by Crippen LogP contribution is 2.30. The van der Waals surface area contributed by atoms with Gasteiger partial charge in [-0.2, -0.15) is 0 Å². The number of aliphatic imine (C=N–C) groups is 1. The summed E-state index contributed by atoms with van der Waals surface area (Å²) in [6.07, 6.45) is 8.52. The van der Waals surface area contributed by atoms with Crippen molar-refractivity contribution < 1.29 is 4.74 Å². The van der Waals surface area contributed by atoms with Crippen LogP contribution in [0.15, 0.2) is 29.4 Å². The van der Waals surface area contributed by atoms with Gasteiger partial charge in [0, 0.05) is 6.20 Å². The van der Waals surface area contributed by atoms with Gasteiger partial charge in [0.2, 0.25) is 5.90 Å². The third-order valence-electron chi connectivity index (χ3n) is 3.75. The molecule has 1 aromatic heterocycles. The van der Waals surface area contributed by atoms with Gasteiger partial charge >= 0.3 is 0 Å². The first-order valence-corrected chi connectivity index (χ1v) is 6.55. The Hall–Kier alpha value is -1.38. The molecule has 0 saturated heterocycles. The molecule has 90 valence electrons. The molecule has 3 heteroatoms. The molecule has 3 rings (SSSR count). The summed E-state index contributed by atoms with van der Waals surface area (Å²) in [7, 11) is 0. The topological polar surface area (TPSA) is 34.5 Å². The van der Waals surface area contributed by atoms with Gasteiger partial charge in [-0.25, -0.2) is 4.99 Å². The number of rotatable bonds is 2. The van der Waals surface area contributed by atoms with Crippen LogP contribution in [0.4, 0.5) is 0 Å². The Morgan fingerprint density at radius 3 is 2.76 bits per heavy atom. The lowest BCUT2D eigenvalue weighted by atomic mass is 9.84. The van der Waals surface area contributed by atoms with E-state index in [1.54, 1.807) is 6.20 Å². The van der Waals surface area contributed by atoms with Crippen molar-refractivity contribution in [3.63, 3.8) is 0 Å². The van der Waals surface area contributed by atoms with Crippen LogP contribution in [0.25, 0.3) is 0 Å². The number of hydrogen-bond acceptors (Lipinski definition) is 3. The summed E-state index contributed by atoms with van der Waals surface area (Å²) in [4.78, 5) is 9.00. The monoisotopic (exact) mass is 230 g/mol. The highest BCUT2D eigenvalue weighted by molar-refractivity contribution is 5.93. The predicted molar refractivity (Wildman–Crippen MR) is 67.1 cm³/mol. The largest absolute Gasteiger partial charge is 0.474 e. The molecular weight excluding hydrogens is 212 g/mol. The van der Waals surface area contributed by atoms with Gasteiger partial charge in [0.05, 0.1) is 6.04 Å². The van der Waals surface area contributed by atoms with Crippen LogP contribution in [0, 0.1) is 5.92 Å². The van der Waals surface area contributed by atoms with Gasteiger partial charge in [0.15, 0.2) is 0 Å². The Morgan fingerprint density at radius 1 is 1.12 bits per heavy atom. The molecule has 0 radical (unpaired) electrons. The van der Waals surface area contributed by atoms with Gasteiger partial charge in [0.1, 0.15) is 12.3 Å². The third-order valence-corrected chi connectivity index (χ3v) is 3.75. The van der Waals surface area contributed by atoms with E-state index in [1.807, 2.05) is 18.2 Å². The fourth-order valence-electron chi connectivity index (χ4n) is 2.78. The molecule has 0 bridgehead atoms. The van der Waals surface area contributed by atoms with Crippen molar-refractivity contribution in [3.8, 4) is 0 Å². The molecule has 1 saturated carbocycles. The number of hydrogen-bond donors (Lipinski definition) is 0.